The smallest absolute Gasteiger partial charge is 0.171 e. The molecule has 0 spiro atoms. The van der Waals surface area contributed by atoms with Crippen molar-refractivity contribution in [1.29, 1.82) is 0 Å². The van der Waals surface area contributed by atoms with Crippen LogP contribution in [0.5, 0.6) is 0 Å². The van der Waals surface area contributed by atoms with Crippen LogP contribution in [0.4, 0.5) is 5.00 Å². The molecule has 0 saturated carbocycles. The average Bonchev–Trinajstić information content (AvgIpc) is 2.92. The van der Waals surface area contributed by atoms with Gasteiger partial charge in [-0.25, -0.2) is 0 Å². The van der Waals surface area contributed by atoms with Gasteiger partial charge in [-0.15, -0.1) is 21.5 Å². The van der Waals surface area contributed by atoms with Crippen LogP contribution in [0.25, 0.3) is 17.1 Å². The van der Waals surface area contributed by atoms with E-state index >= 15 is 0 Å². The van der Waals surface area contributed by atoms with Gasteiger partial charge in [-0.3, -0.25) is 4.57 Å². The van der Waals surface area contributed by atoms with Crippen LogP contribution < -0.4 is 5.73 Å². The summed E-state index contributed by atoms with van der Waals surface area (Å²) in [6.07, 6.45) is 0. The quantitative estimate of drug-likeness (QED) is 0.783. The molecule has 0 atom stereocenters. The van der Waals surface area contributed by atoms with Gasteiger partial charge in [-0.05, 0) is 38.5 Å². The van der Waals surface area contributed by atoms with Crippen molar-refractivity contribution >= 4 is 16.3 Å². The second kappa shape index (κ2) is 4.76. The Balaban J connectivity index is 2.27. The van der Waals surface area contributed by atoms with Crippen LogP contribution in [-0.4, -0.2) is 14.8 Å². The van der Waals surface area contributed by atoms with Gasteiger partial charge in [0, 0.05) is 10.6 Å². The summed E-state index contributed by atoms with van der Waals surface area (Å²) in [5.41, 5.74) is 9.39. The van der Waals surface area contributed by atoms with Crippen LogP contribution in [0.1, 0.15) is 16.3 Å². The highest BCUT2D eigenvalue weighted by Crippen LogP contribution is 2.38. The van der Waals surface area contributed by atoms with Gasteiger partial charge in [-0.2, -0.15) is 0 Å². The monoisotopic (exact) mass is 284 g/mol. The van der Waals surface area contributed by atoms with Crippen molar-refractivity contribution in [2.24, 2.45) is 0 Å². The van der Waals surface area contributed by atoms with Crippen molar-refractivity contribution < 1.29 is 0 Å². The Bertz CT molecular complexity index is 756. The fourth-order valence-corrected chi connectivity index (χ4v) is 3.27. The highest BCUT2D eigenvalue weighted by Gasteiger charge is 2.20. The van der Waals surface area contributed by atoms with Crippen LogP contribution >= 0.6 is 11.3 Å². The number of para-hydroxylation sites is 1. The molecule has 0 unspecified atom stereocenters. The lowest BCUT2D eigenvalue weighted by molar-refractivity contribution is 0.972. The molecule has 0 bridgehead atoms. The Kier molecular flexibility index (Phi) is 3.06. The molecule has 3 aromatic rings. The molecule has 0 radical (unpaired) electrons. The Morgan fingerprint density at radius 1 is 1.05 bits per heavy atom. The zero-order valence-electron chi connectivity index (χ0n) is 11.7. The molecular formula is C15H16N4S. The first-order valence-electron chi connectivity index (χ1n) is 6.43. The summed E-state index contributed by atoms with van der Waals surface area (Å²) in [4.78, 5) is 1.22. The minimum atomic E-state index is 0.796. The van der Waals surface area contributed by atoms with Gasteiger partial charge in [0.15, 0.2) is 5.82 Å². The maximum Gasteiger partial charge on any atom is 0.171 e. The molecule has 102 valence electrons. The third kappa shape index (κ3) is 1.91. The summed E-state index contributed by atoms with van der Waals surface area (Å²) in [5, 5.41) is 9.36. The first-order chi connectivity index (χ1) is 9.59. The molecule has 2 N–H and O–H groups in total. The predicted molar refractivity (Wildman–Crippen MR) is 83.3 cm³/mol. The molecule has 4 nitrogen and oxygen atoms in total. The molecule has 0 aliphatic carbocycles. The molecule has 0 amide bonds. The number of hydrogen-bond acceptors (Lipinski definition) is 4. The SMILES string of the molecule is Cc1sc(N)c(-c2nnc(C)n2-c2ccccc2)c1C. The molecule has 0 aliphatic rings. The third-order valence-corrected chi connectivity index (χ3v) is 4.51. The first kappa shape index (κ1) is 12.9. The van der Waals surface area contributed by atoms with Crippen LogP contribution in [-0.2, 0) is 0 Å². The lowest BCUT2D eigenvalue weighted by atomic mass is 10.1. The van der Waals surface area contributed by atoms with E-state index < -0.39 is 0 Å². The van der Waals surface area contributed by atoms with E-state index in [-0.39, 0.29) is 0 Å². The van der Waals surface area contributed by atoms with Crippen molar-refractivity contribution in [1.82, 2.24) is 14.8 Å². The normalized spacial score (nSPS) is 10.9. The molecular weight excluding hydrogens is 268 g/mol. The number of anilines is 1. The van der Waals surface area contributed by atoms with E-state index in [9.17, 15) is 0 Å². The van der Waals surface area contributed by atoms with Gasteiger partial charge in [0.1, 0.15) is 5.82 Å². The number of rotatable bonds is 2. The van der Waals surface area contributed by atoms with Gasteiger partial charge >= 0.3 is 0 Å². The maximum atomic E-state index is 6.17. The zero-order valence-corrected chi connectivity index (χ0v) is 12.5. The van der Waals surface area contributed by atoms with Crippen molar-refractivity contribution in [3.63, 3.8) is 0 Å². The molecule has 0 saturated heterocycles. The van der Waals surface area contributed by atoms with Crippen LogP contribution in [0, 0.1) is 20.8 Å². The van der Waals surface area contributed by atoms with Crippen molar-refractivity contribution in [2.45, 2.75) is 20.8 Å². The van der Waals surface area contributed by atoms with Crippen molar-refractivity contribution in [2.75, 3.05) is 5.73 Å². The molecule has 2 aromatic heterocycles. The standard InChI is InChI=1S/C15H16N4S/c1-9-10(2)20-14(16)13(9)15-18-17-11(3)19(15)12-7-5-4-6-8-12/h4-8H,16H2,1-3H3. The second-order valence-electron chi connectivity index (χ2n) is 4.76. The lowest BCUT2D eigenvalue weighted by Crippen LogP contribution is -2.01. The molecule has 1 aromatic carbocycles. The van der Waals surface area contributed by atoms with Crippen molar-refractivity contribution in [3.05, 3.63) is 46.6 Å². The molecule has 5 heteroatoms. The van der Waals surface area contributed by atoms with Gasteiger partial charge in [0.2, 0.25) is 0 Å². The minimum absolute atomic E-state index is 0.796. The van der Waals surface area contributed by atoms with Crippen LogP contribution in [0.3, 0.4) is 0 Å². The number of nitrogens with two attached hydrogens (primary N) is 1. The highest BCUT2D eigenvalue weighted by molar-refractivity contribution is 7.16. The predicted octanol–water partition coefficient (Wildman–Crippen LogP) is 3.50. The zero-order chi connectivity index (χ0) is 14.3. The summed E-state index contributed by atoms with van der Waals surface area (Å²) in [6.45, 7) is 6.11. The highest BCUT2D eigenvalue weighted by atomic mass is 32.1. The number of thiophene rings is 1. The van der Waals surface area contributed by atoms with E-state index in [1.54, 1.807) is 11.3 Å². The van der Waals surface area contributed by atoms with Gasteiger partial charge in [0.05, 0.1) is 10.6 Å². The number of aryl methyl sites for hydroxylation is 2. The fraction of sp³-hybridized carbons (Fsp3) is 0.200. The maximum absolute atomic E-state index is 6.17. The van der Waals surface area contributed by atoms with E-state index in [0.717, 1.165) is 27.9 Å². The largest absolute Gasteiger partial charge is 0.390 e. The molecule has 0 aliphatic heterocycles. The van der Waals surface area contributed by atoms with Crippen LogP contribution in [0.2, 0.25) is 0 Å². The summed E-state index contributed by atoms with van der Waals surface area (Å²) >= 11 is 1.60. The molecule has 0 fully saturated rings. The Morgan fingerprint density at radius 2 is 1.75 bits per heavy atom. The number of nitrogen functional groups attached to an aromatic ring is 1. The van der Waals surface area contributed by atoms with Crippen molar-refractivity contribution in [3.8, 4) is 17.1 Å². The first-order valence-corrected chi connectivity index (χ1v) is 7.24. The molecule has 3 rings (SSSR count). The Hall–Kier alpha value is -2.14. The fourth-order valence-electron chi connectivity index (χ4n) is 2.34. The van der Waals surface area contributed by atoms with Gasteiger partial charge in [-0.1, -0.05) is 18.2 Å². The third-order valence-electron chi connectivity index (χ3n) is 3.48. The van der Waals surface area contributed by atoms with E-state index in [1.165, 1.54) is 10.4 Å². The average molecular weight is 284 g/mol. The van der Waals surface area contributed by atoms with Crippen LogP contribution in [0.15, 0.2) is 30.3 Å². The molecule has 2 heterocycles. The van der Waals surface area contributed by atoms with Gasteiger partial charge in [0.25, 0.3) is 0 Å². The van der Waals surface area contributed by atoms with E-state index in [0.29, 0.717) is 0 Å². The Labute approximate surface area is 121 Å². The number of benzene rings is 1. The lowest BCUT2D eigenvalue weighted by Gasteiger charge is -2.09. The minimum Gasteiger partial charge on any atom is -0.390 e. The topological polar surface area (TPSA) is 56.7 Å². The summed E-state index contributed by atoms with van der Waals surface area (Å²) in [5.74, 6) is 1.67. The summed E-state index contributed by atoms with van der Waals surface area (Å²) < 4.78 is 2.05. The Morgan fingerprint density at radius 3 is 2.35 bits per heavy atom. The van der Waals surface area contributed by atoms with E-state index in [1.807, 2.05) is 41.8 Å². The number of nitrogens with zero attached hydrogens (tertiary/aromatic N) is 3. The number of hydrogen-bond donors (Lipinski definition) is 1. The summed E-state index contributed by atoms with van der Waals surface area (Å²) in [6, 6.07) is 10.1. The van der Waals surface area contributed by atoms with E-state index in [2.05, 4.69) is 24.0 Å². The van der Waals surface area contributed by atoms with Gasteiger partial charge < -0.3 is 5.73 Å². The summed E-state index contributed by atoms with van der Waals surface area (Å²) in [7, 11) is 0. The second-order valence-corrected chi connectivity index (χ2v) is 6.02. The number of aromatic nitrogens is 3. The molecule has 20 heavy (non-hydrogen) atoms. The van der Waals surface area contributed by atoms with E-state index in [4.69, 9.17) is 5.73 Å².